The van der Waals surface area contributed by atoms with Crippen molar-refractivity contribution in [1.29, 1.82) is 0 Å². The van der Waals surface area contributed by atoms with Crippen LogP contribution in [0.25, 0.3) is 0 Å². The lowest BCUT2D eigenvalue weighted by Crippen LogP contribution is -2.54. The summed E-state index contributed by atoms with van der Waals surface area (Å²) in [6.45, 7) is 3.14. The molecule has 1 aliphatic heterocycles. The van der Waals surface area contributed by atoms with Crippen molar-refractivity contribution < 1.29 is 24.8 Å². The van der Waals surface area contributed by atoms with Gasteiger partial charge in [-0.1, -0.05) is 64.0 Å². The van der Waals surface area contributed by atoms with E-state index in [4.69, 9.17) is 9.47 Å². The Hall–Kier alpha value is -0.460. The molecule has 5 heteroatoms. The predicted molar refractivity (Wildman–Crippen MR) is 104 cm³/mol. The van der Waals surface area contributed by atoms with Crippen LogP contribution in [0, 0.1) is 0 Å². The molecule has 154 valence electrons. The second kappa shape index (κ2) is 15.6. The molecule has 0 unspecified atom stereocenters. The van der Waals surface area contributed by atoms with Crippen molar-refractivity contribution in [3.8, 4) is 0 Å². The molecule has 0 bridgehead atoms. The fourth-order valence-electron chi connectivity index (χ4n) is 3.15. The van der Waals surface area contributed by atoms with E-state index < -0.39 is 24.4 Å². The molecule has 26 heavy (non-hydrogen) atoms. The maximum Gasteiger partial charge on any atom is 0.111 e. The summed E-state index contributed by atoms with van der Waals surface area (Å²) in [5.74, 6) is 0. The van der Waals surface area contributed by atoms with Gasteiger partial charge in [0.15, 0.2) is 0 Å². The summed E-state index contributed by atoms with van der Waals surface area (Å²) in [7, 11) is 0. The number of hydrogen-bond acceptors (Lipinski definition) is 5. The van der Waals surface area contributed by atoms with E-state index >= 15 is 0 Å². The second-order valence-corrected chi connectivity index (χ2v) is 7.37. The fraction of sp³-hybridized carbons (Fsp3) is 0.905. The molecule has 1 aliphatic rings. The van der Waals surface area contributed by atoms with E-state index in [0.717, 1.165) is 19.3 Å². The van der Waals surface area contributed by atoms with Gasteiger partial charge in [-0.25, -0.2) is 0 Å². The van der Waals surface area contributed by atoms with Crippen LogP contribution in [0.2, 0.25) is 0 Å². The number of hydrogen-bond donors (Lipinski definition) is 3. The zero-order chi connectivity index (χ0) is 19.0. The minimum Gasteiger partial charge on any atom is -0.388 e. The van der Waals surface area contributed by atoms with Crippen LogP contribution in [0.3, 0.4) is 0 Å². The highest BCUT2D eigenvalue weighted by Gasteiger charge is 2.37. The lowest BCUT2D eigenvalue weighted by molar-refractivity contribution is -0.199. The molecule has 3 N–H and O–H groups in total. The van der Waals surface area contributed by atoms with Crippen LogP contribution in [0.4, 0.5) is 0 Å². The minimum absolute atomic E-state index is 0.0354. The molecule has 0 aliphatic carbocycles. The molecule has 0 aromatic heterocycles. The van der Waals surface area contributed by atoms with Gasteiger partial charge in [-0.05, 0) is 25.7 Å². The Morgan fingerprint density at radius 3 is 2.15 bits per heavy atom. The van der Waals surface area contributed by atoms with E-state index in [1.807, 2.05) is 0 Å². The van der Waals surface area contributed by atoms with Crippen LogP contribution in [0.5, 0.6) is 0 Å². The average molecular weight is 373 g/mol. The van der Waals surface area contributed by atoms with Crippen LogP contribution in [0.15, 0.2) is 12.2 Å². The third kappa shape index (κ3) is 10.6. The van der Waals surface area contributed by atoms with Crippen LogP contribution in [-0.4, -0.2) is 59.6 Å². The first-order chi connectivity index (χ1) is 12.7. The molecule has 0 spiro atoms. The smallest absolute Gasteiger partial charge is 0.111 e. The van der Waals surface area contributed by atoms with Crippen molar-refractivity contribution >= 4 is 0 Å². The van der Waals surface area contributed by atoms with E-state index in [9.17, 15) is 15.3 Å². The molecule has 0 amide bonds. The zero-order valence-corrected chi connectivity index (χ0v) is 16.5. The van der Waals surface area contributed by atoms with Crippen LogP contribution in [0.1, 0.15) is 77.6 Å². The first-order valence-corrected chi connectivity index (χ1v) is 10.5. The van der Waals surface area contributed by atoms with Gasteiger partial charge in [0, 0.05) is 6.61 Å². The highest BCUT2D eigenvalue weighted by molar-refractivity contribution is 4.86. The van der Waals surface area contributed by atoms with Crippen molar-refractivity contribution in [3.05, 3.63) is 12.2 Å². The molecule has 0 aromatic carbocycles. The van der Waals surface area contributed by atoms with Crippen LogP contribution >= 0.6 is 0 Å². The monoisotopic (exact) mass is 372 g/mol. The summed E-state index contributed by atoms with van der Waals surface area (Å²) < 4.78 is 10.8. The maximum absolute atomic E-state index is 9.80. The van der Waals surface area contributed by atoms with Gasteiger partial charge in [0.2, 0.25) is 0 Å². The number of aliphatic hydroxyl groups excluding tert-OH is 3. The Kier molecular flexibility index (Phi) is 14.1. The third-order valence-electron chi connectivity index (χ3n) is 4.94. The summed E-state index contributed by atoms with van der Waals surface area (Å²) in [5.41, 5.74) is 0. The molecule has 4 atom stereocenters. The van der Waals surface area contributed by atoms with Crippen molar-refractivity contribution in [2.75, 3.05) is 19.8 Å². The van der Waals surface area contributed by atoms with Gasteiger partial charge in [0.05, 0.1) is 13.2 Å². The summed E-state index contributed by atoms with van der Waals surface area (Å²) in [4.78, 5) is 0. The molecule has 1 fully saturated rings. The van der Waals surface area contributed by atoms with Crippen molar-refractivity contribution in [2.24, 2.45) is 0 Å². The Bertz CT molecular complexity index is 347. The zero-order valence-electron chi connectivity index (χ0n) is 16.5. The first kappa shape index (κ1) is 23.6. The minimum atomic E-state index is -1.16. The van der Waals surface area contributed by atoms with Gasteiger partial charge >= 0.3 is 0 Å². The summed E-state index contributed by atoms with van der Waals surface area (Å²) >= 11 is 0. The Morgan fingerprint density at radius 1 is 0.846 bits per heavy atom. The number of aliphatic hydroxyl groups is 3. The quantitative estimate of drug-likeness (QED) is 0.303. The Labute approximate surface area is 159 Å². The molecule has 1 heterocycles. The maximum atomic E-state index is 9.80. The Balaban J connectivity index is 1.86. The molecular formula is C21H40O5. The largest absolute Gasteiger partial charge is 0.388 e. The summed E-state index contributed by atoms with van der Waals surface area (Å²) in [6.07, 6.45) is 14.6. The van der Waals surface area contributed by atoms with Gasteiger partial charge in [-0.2, -0.15) is 0 Å². The van der Waals surface area contributed by atoms with E-state index in [1.165, 1.54) is 51.4 Å². The van der Waals surface area contributed by atoms with Crippen molar-refractivity contribution in [3.63, 3.8) is 0 Å². The van der Waals surface area contributed by atoms with Gasteiger partial charge < -0.3 is 24.8 Å². The third-order valence-corrected chi connectivity index (χ3v) is 4.94. The molecular weight excluding hydrogens is 332 g/mol. The SMILES string of the molecule is CCCCCCCCCC/C=C/CCCOC[C@@H]1OC[C@@H](O)[C@H](O)[C@H]1O. The molecule has 0 radical (unpaired) electrons. The first-order valence-electron chi connectivity index (χ1n) is 10.5. The molecule has 0 saturated carbocycles. The van der Waals surface area contributed by atoms with Gasteiger partial charge in [0.1, 0.15) is 24.4 Å². The number of allylic oxidation sites excluding steroid dienone is 2. The average Bonchev–Trinajstić information content (AvgIpc) is 2.64. The highest BCUT2D eigenvalue weighted by Crippen LogP contribution is 2.16. The van der Waals surface area contributed by atoms with Crippen molar-refractivity contribution in [1.82, 2.24) is 0 Å². The van der Waals surface area contributed by atoms with Crippen LogP contribution in [-0.2, 0) is 9.47 Å². The summed E-state index contributed by atoms with van der Waals surface area (Å²) in [6, 6.07) is 0. The Morgan fingerprint density at radius 2 is 1.46 bits per heavy atom. The molecule has 5 nitrogen and oxygen atoms in total. The van der Waals surface area contributed by atoms with Gasteiger partial charge in [-0.15, -0.1) is 0 Å². The van der Waals surface area contributed by atoms with E-state index in [-0.39, 0.29) is 13.2 Å². The van der Waals surface area contributed by atoms with Gasteiger partial charge in [0.25, 0.3) is 0 Å². The van der Waals surface area contributed by atoms with E-state index in [0.29, 0.717) is 6.61 Å². The van der Waals surface area contributed by atoms with E-state index in [1.54, 1.807) is 0 Å². The molecule has 0 aromatic rings. The number of rotatable bonds is 15. The number of ether oxygens (including phenoxy) is 2. The normalized spacial score (nSPS) is 26.6. The topological polar surface area (TPSA) is 79.2 Å². The van der Waals surface area contributed by atoms with Crippen LogP contribution < -0.4 is 0 Å². The number of unbranched alkanes of at least 4 members (excludes halogenated alkanes) is 9. The molecule has 1 rings (SSSR count). The predicted octanol–water partition coefficient (Wildman–Crippen LogP) is 3.35. The van der Waals surface area contributed by atoms with Crippen molar-refractivity contribution in [2.45, 2.75) is 102 Å². The summed E-state index contributed by atoms with van der Waals surface area (Å²) in [5, 5.41) is 28.8. The lowest BCUT2D eigenvalue weighted by Gasteiger charge is -2.35. The standard InChI is InChI=1S/C21H40O5/c1-2-3-4-5-6-7-8-9-10-11-12-13-14-15-25-17-19-21(24)20(23)18(22)16-26-19/h11-12,18-24H,2-10,13-17H2,1H3/b12-11+/t18-,19+,20+,21+/m1/s1. The van der Waals surface area contributed by atoms with E-state index in [2.05, 4.69) is 19.1 Å². The van der Waals surface area contributed by atoms with Gasteiger partial charge in [-0.3, -0.25) is 0 Å². The fourth-order valence-corrected chi connectivity index (χ4v) is 3.15. The highest BCUT2D eigenvalue weighted by atomic mass is 16.6. The lowest BCUT2D eigenvalue weighted by atomic mass is 10.0. The second-order valence-electron chi connectivity index (χ2n) is 7.37. The molecule has 1 saturated heterocycles.